The first kappa shape index (κ1) is 16.0. The maximum absolute atomic E-state index is 9.84. The van der Waals surface area contributed by atoms with Gasteiger partial charge < -0.3 is 4.90 Å². The van der Waals surface area contributed by atoms with Crippen molar-refractivity contribution in [1.29, 1.82) is 5.26 Å². The molecule has 1 unspecified atom stereocenters. The van der Waals surface area contributed by atoms with Gasteiger partial charge in [-0.05, 0) is 18.7 Å². The Labute approximate surface area is 128 Å². The van der Waals surface area contributed by atoms with Gasteiger partial charge in [0.15, 0.2) is 0 Å². The van der Waals surface area contributed by atoms with E-state index in [2.05, 4.69) is 35.0 Å². The Balaban J connectivity index is 2.12. The number of nitrogens with one attached hydrogen (secondary N) is 1. The lowest BCUT2D eigenvalue weighted by atomic mass is 9.90. The Hall–Kier alpha value is -1.41. The van der Waals surface area contributed by atoms with Gasteiger partial charge in [0.1, 0.15) is 5.54 Å². The van der Waals surface area contributed by atoms with E-state index in [1.807, 2.05) is 30.3 Å². The number of nitriles is 1. The number of nitrogens with zero attached hydrogens (tertiary/aromatic N) is 3. The molecule has 1 fully saturated rings. The van der Waals surface area contributed by atoms with Crippen molar-refractivity contribution in [3.05, 3.63) is 35.9 Å². The minimum absolute atomic E-state index is 0.607. The van der Waals surface area contributed by atoms with Crippen LogP contribution in [0.25, 0.3) is 0 Å². The first-order valence-corrected chi connectivity index (χ1v) is 7.90. The van der Waals surface area contributed by atoms with Crippen LogP contribution in [0.15, 0.2) is 30.3 Å². The third-order valence-corrected chi connectivity index (χ3v) is 4.31. The molecule has 0 aliphatic carbocycles. The van der Waals surface area contributed by atoms with E-state index in [1.54, 1.807) is 0 Å². The van der Waals surface area contributed by atoms with Gasteiger partial charge in [0.2, 0.25) is 0 Å². The molecular formula is C17H26N4. The van der Waals surface area contributed by atoms with Crippen LogP contribution < -0.4 is 5.32 Å². The van der Waals surface area contributed by atoms with Crippen LogP contribution in [0.1, 0.15) is 19.4 Å². The van der Waals surface area contributed by atoms with Crippen molar-refractivity contribution in [1.82, 2.24) is 15.1 Å². The van der Waals surface area contributed by atoms with E-state index in [-0.39, 0.29) is 0 Å². The van der Waals surface area contributed by atoms with Gasteiger partial charge in [-0.2, -0.15) is 5.26 Å². The van der Waals surface area contributed by atoms with Gasteiger partial charge in [0.25, 0.3) is 0 Å². The molecule has 0 radical (unpaired) electrons. The zero-order valence-corrected chi connectivity index (χ0v) is 13.2. The van der Waals surface area contributed by atoms with Gasteiger partial charge in [-0.25, -0.2) is 0 Å². The van der Waals surface area contributed by atoms with Crippen molar-refractivity contribution < 1.29 is 0 Å². The Morgan fingerprint density at radius 3 is 2.24 bits per heavy atom. The van der Waals surface area contributed by atoms with Gasteiger partial charge in [-0.1, -0.05) is 44.2 Å². The highest BCUT2D eigenvalue weighted by Gasteiger charge is 2.34. The van der Waals surface area contributed by atoms with E-state index in [9.17, 15) is 5.26 Å². The minimum atomic E-state index is -0.607. The Kier molecular flexibility index (Phi) is 5.75. The van der Waals surface area contributed by atoms with Crippen molar-refractivity contribution in [3.8, 4) is 6.07 Å². The topological polar surface area (TPSA) is 42.3 Å². The fraction of sp³-hybridized carbons (Fsp3) is 0.588. The number of piperazine rings is 1. The first-order chi connectivity index (χ1) is 10.2. The highest BCUT2D eigenvalue weighted by Crippen LogP contribution is 2.22. The van der Waals surface area contributed by atoms with Gasteiger partial charge in [-0.3, -0.25) is 10.2 Å². The van der Waals surface area contributed by atoms with Gasteiger partial charge in [0, 0.05) is 32.7 Å². The SMILES string of the molecule is CCNC(C#N)(CN1CCN(CC)CC1)c1ccccc1. The highest BCUT2D eigenvalue weighted by molar-refractivity contribution is 5.32. The third-order valence-electron chi connectivity index (χ3n) is 4.31. The fourth-order valence-corrected chi connectivity index (χ4v) is 3.01. The monoisotopic (exact) mass is 286 g/mol. The fourth-order valence-electron chi connectivity index (χ4n) is 3.01. The second kappa shape index (κ2) is 7.56. The van der Waals surface area contributed by atoms with Gasteiger partial charge in [-0.15, -0.1) is 0 Å². The molecule has 1 aromatic carbocycles. The van der Waals surface area contributed by atoms with Crippen molar-refractivity contribution in [2.45, 2.75) is 19.4 Å². The molecule has 4 nitrogen and oxygen atoms in total. The molecule has 0 spiro atoms. The Bertz CT molecular complexity index is 459. The zero-order valence-electron chi connectivity index (χ0n) is 13.2. The maximum Gasteiger partial charge on any atom is 0.145 e. The molecule has 1 N–H and O–H groups in total. The van der Waals surface area contributed by atoms with Crippen LogP contribution in [0.4, 0.5) is 0 Å². The lowest BCUT2D eigenvalue weighted by molar-refractivity contribution is 0.116. The maximum atomic E-state index is 9.84. The third kappa shape index (κ3) is 3.82. The predicted molar refractivity (Wildman–Crippen MR) is 86.0 cm³/mol. The molecule has 21 heavy (non-hydrogen) atoms. The van der Waals surface area contributed by atoms with E-state index < -0.39 is 5.54 Å². The molecule has 1 aliphatic heterocycles. The van der Waals surface area contributed by atoms with Crippen LogP contribution in [-0.2, 0) is 5.54 Å². The van der Waals surface area contributed by atoms with Crippen LogP contribution in [0, 0.1) is 11.3 Å². The summed E-state index contributed by atoms with van der Waals surface area (Å²) in [4.78, 5) is 4.87. The molecule has 0 saturated carbocycles. The first-order valence-electron chi connectivity index (χ1n) is 7.90. The van der Waals surface area contributed by atoms with Crippen molar-refractivity contribution in [2.75, 3.05) is 45.8 Å². The van der Waals surface area contributed by atoms with Crippen molar-refractivity contribution in [2.24, 2.45) is 0 Å². The van der Waals surface area contributed by atoms with E-state index >= 15 is 0 Å². The van der Waals surface area contributed by atoms with Crippen LogP contribution in [0.3, 0.4) is 0 Å². The molecule has 4 heteroatoms. The molecule has 1 aliphatic rings. The van der Waals surface area contributed by atoms with Gasteiger partial charge in [0.05, 0.1) is 6.07 Å². The average Bonchev–Trinajstić information content (AvgIpc) is 2.56. The second-order valence-corrected chi connectivity index (χ2v) is 5.62. The Morgan fingerprint density at radius 2 is 1.71 bits per heavy atom. The summed E-state index contributed by atoms with van der Waals surface area (Å²) in [6, 6.07) is 12.7. The standard InChI is InChI=1S/C17H26N4/c1-3-19-17(14-18,16-8-6-5-7-9-16)15-21-12-10-20(4-2)11-13-21/h5-9,19H,3-4,10-13,15H2,1-2H3. The molecule has 1 aromatic rings. The van der Waals surface area contributed by atoms with Crippen LogP contribution in [0.5, 0.6) is 0 Å². The van der Waals surface area contributed by atoms with Crippen LogP contribution in [0.2, 0.25) is 0 Å². The molecule has 0 amide bonds. The number of likely N-dealkylation sites (N-methyl/N-ethyl adjacent to an activating group) is 2. The van der Waals surface area contributed by atoms with E-state index in [1.165, 1.54) is 0 Å². The van der Waals surface area contributed by atoms with Crippen LogP contribution in [-0.4, -0.2) is 55.6 Å². The molecule has 2 rings (SSSR count). The summed E-state index contributed by atoms with van der Waals surface area (Å²) < 4.78 is 0. The molecule has 0 bridgehead atoms. The van der Waals surface area contributed by atoms with E-state index in [0.717, 1.165) is 51.4 Å². The minimum Gasteiger partial charge on any atom is -0.301 e. The summed E-state index contributed by atoms with van der Waals surface area (Å²) in [5.41, 5.74) is 0.456. The van der Waals surface area contributed by atoms with Gasteiger partial charge >= 0.3 is 0 Å². The molecule has 0 aromatic heterocycles. The summed E-state index contributed by atoms with van der Waals surface area (Å²) in [5.74, 6) is 0. The molecule has 1 heterocycles. The smallest absolute Gasteiger partial charge is 0.145 e. The summed E-state index contributed by atoms with van der Waals surface area (Å²) in [5, 5.41) is 13.3. The lowest BCUT2D eigenvalue weighted by Crippen LogP contribution is -2.55. The molecular weight excluding hydrogens is 260 g/mol. The second-order valence-electron chi connectivity index (χ2n) is 5.62. The Morgan fingerprint density at radius 1 is 1.10 bits per heavy atom. The normalized spacial score (nSPS) is 19.9. The summed E-state index contributed by atoms with van der Waals surface area (Å²) in [7, 11) is 0. The predicted octanol–water partition coefficient (Wildman–Crippen LogP) is 1.65. The summed E-state index contributed by atoms with van der Waals surface area (Å²) in [6.45, 7) is 11.2. The molecule has 1 atom stereocenters. The average molecular weight is 286 g/mol. The molecule has 1 saturated heterocycles. The number of hydrogen-bond acceptors (Lipinski definition) is 4. The van der Waals surface area contributed by atoms with Crippen molar-refractivity contribution in [3.63, 3.8) is 0 Å². The lowest BCUT2D eigenvalue weighted by Gasteiger charge is -2.39. The summed E-state index contributed by atoms with van der Waals surface area (Å²) >= 11 is 0. The van der Waals surface area contributed by atoms with E-state index in [0.29, 0.717) is 0 Å². The quantitative estimate of drug-likeness (QED) is 0.863. The molecule has 114 valence electrons. The largest absolute Gasteiger partial charge is 0.301 e. The number of benzene rings is 1. The number of hydrogen-bond donors (Lipinski definition) is 1. The van der Waals surface area contributed by atoms with E-state index in [4.69, 9.17) is 0 Å². The summed E-state index contributed by atoms with van der Waals surface area (Å²) in [6.07, 6.45) is 0. The van der Waals surface area contributed by atoms with Crippen molar-refractivity contribution >= 4 is 0 Å². The van der Waals surface area contributed by atoms with Crippen LogP contribution >= 0.6 is 0 Å². The zero-order chi connectivity index (χ0) is 15.1. The number of rotatable bonds is 6. The highest BCUT2D eigenvalue weighted by atomic mass is 15.3.